The lowest BCUT2D eigenvalue weighted by molar-refractivity contribution is 0.0649. The highest BCUT2D eigenvalue weighted by Crippen LogP contribution is 2.25. The van der Waals surface area contributed by atoms with Crippen molar-refractivity contribution in [3.8, 4) is 6.07 Å². The molecular weight excluding hydrogens is 590 g/mol. The van der Waals surface area contributed by atoms with Crippen molar-refractivity contribution >= 4 is 23.3 Å². The highest BCUT2D eigenvalue weighted by atomic mass is 16.2. The van der Waals surface area contributed by atoms with Crippen molar-refractivity contribution in [2.75, 3.05) is 64.3 Å². The van der Waals surface area contributed by atoms with Gasteiger partial charge in [-0.05, 0) is 86.8 Å². The number of anilines is 1. The molecule has 10 nitrogen and oxygen atoms in total. The van der Waals surface area contributed by atoms with E-state index in [0.29, 0.717) is 42.8 Å². The molecule has 0 spiro atoms. The molecule has 3 saturated heterocycles. The monoisotopic (exact) mass is 633 g/mol. The zero-order chi connectivity index (χ0) is 32.8. The van der Waals surface area contributed by atoms with E-state index in [-0.39, 0.29) is 29.6 Å². The molecule has 10 heteroatoms. The lowest BCUT2D eigenvalue weighted by atomic mass is 9.88. The van der Waals surface area contributed by atoms with Crippen molar-refractivity contribution in [3.05, 3.63) is 94.8 Å². The molecule has 4 heterocycles. The van der Waals surface area contributed by atoms with Gasteiger partial charge in [0.1, 0.15) is 5.69 Å². The zero-order valence-corrected chi connectivity index (χ0v) is 27.1. The molecule has 1 aromatic heterocycles. The number of rotatable bonds is 8. The Morgan fingerprint density at radius 3 is 2.09 bits per heavy atom. The van der Waals surface area contributed by atoms with Crippen LogP contribution >= 0.6 is 0 Å². The standard InChI is InChI=1S/C37H43N7O3/c1-41-20-22-43(23-21-41)33-9-6-29(7-10-33)35(45)30-12-18-44(19-13-30)37(47)31-8-11-34(39-25-31)36(46)40-32-14-16-42(17-15-32)26-28-4-2-27(24-38)3-5-28/h2-11,25,30,32H,12-23,26H2,1H3,(H,40,46). The molecule has 0 saturated carbocycles. The first kappa shape index (κ1) is 32.4. The van der Waals surface area contributed by atoms with Crippen molar-refractivity contribution in [1.29, 1.82) is 5.26 Å². The summed E-state index contributed by atoms with van der Waals surface area (Å²) >= 11 is 0. The molecule has 6 rings (SSSR count). The van der Waals surface area contributed by atoms with E-state index in [4.69, 9.17) is 5.26 Å². The third-order valence-electron chi connectivity index (χ3n) is 9.83. The fraction of sp³-hybridized carbons (Fsp3) is 0.432. The van der Waals surface area contributed by atoms with E-state index in [0.717, 1.165) is 69.9 Å². The molecular formula is C37H43N7O3. The predicted molar refractivity (Wildman–Crippen MR) is 180 cm³/mol. The third kappa shape index (κ3) is 8.05. The highest BCUT2D eigenvalue weighted by molar-refractivity contribution is 5.99. The number of nitrogens with one attached hydrogen (secondary N) is 1. The second kappa shape index (κ2) is 14.9. The van der Waals surface area contributed by atoms with Gasteiger partial charge in [-0.2, -0.15) is 5.26 Å². The summed E-state index contributed by atoms with van der Waals surface area (Å²) in [6.07, 6.45) is 4.44. The van der Waals surface area contributed by atoms with Crippen molar-refractivity contribution in [3.63, 3.8) is 0 Å². The van der Waals surface area contributed by atoms with E-state index in [1.807, 2.05) is 36.4 Å². The second-order valence-corrected chi connectivity index (χ2v) is 13.0. The number of amides is 2. The molecule has 3 aromatic rings. The van der Waals surface area contributed by atoms with Crippen LogP contribution < -0.4 is 10.2 Å². The van der Waals surface area contributed by atoms with Gasteiger partial charge in [-0.15, -0.1) is 0 Å². The molecule has 2 amide bonds. The van der Waals surface area contributed by atoms with E-state index in [1.165, 1.54) is 11.8 Å². The van der Waals surface area contributed by atoms with Crippen LogP contribution in [0.25, 0.3) is 0 Å². The fourth-order valence-corrected chi connectivity index (χ4v) is 6.76. The molecule has 0 radical (unpaired) electrons. The van der Waals surface area contributed by atoms with Crippen LogP contribution in [0, 0.1) is 17.2 Å². The molecule has 0 unspecified atom stereocenters. The smallest absolute Gasteiger partial charge is 0.270 e. The maximum Gasteiger partial charge on any atom is 0.270 e. The van der Waals surface area contributed by atoms with E-state index in [1.54, 1.807) is 17.0 Å². The van der Waals surface area contributed by atoms with Gasteiger partial charge in [-0.25, -0.2) is 0 Å². The van der Waals surface area contributed by atoms with Gasteiger partial charge in [0.2, 0.25) is 0 Å². The van der Waals surface area contributed by atoms with Gasteiger partial charge in [0.25, 0.3) is 11.8 Å². The highest BCUT2D eigenvalue weighted by Gasteiger charge is 2.29. The average molecular weight is 634 g/mol. The summed E-state index contributed by atoms with van der Waals surface area (Å²) in [4.78, 5) is 52.5. The number of hydrogen-bond donors (Lipinski definition) is 1. The number of likely N-dealkylation sites (tertiary alicyclic amines) is 2. The second-order valence-electron chi connectivity index (χ2n) is 13.0. The number of nitrogens with zero attached hydrogens (tertiary/aromatic N) is 6. The first-order chi connectivity index (χ1) is 22.9. The summed E-state index contributed by atoms with van der Waals surface area (Å²) in [6, 6.07) is 21.2. The Morgan fingerprint density at radius 1 is 0.809 bits per heavy atom. The minimum atomic E-state index is -0.231. The fourth-order valence-electron chi connectivity index (χ4n) is 6.76. The largest absolute Gasteiger partial charge is 0.369 e. The Balaban J connectivity index is 0.934. The number of piperidine rings is 2. The van der Waals surface area contributed by atoms with E-state index < -0.39 is 0 Å². The van der Waals surface area contributed by atoms with E-state index in [9.17, 15) is 14.4 Å². The van der Waals surface area contributed by atoms with Crippen LogP contribution in [0.5, 0.6) is 0 Å². The minimum Gasteiger partial charge on any atom is -0.369 e. The van der Waals surface area contributed by atoms with Crippen LogP contribution in [0.1, 0.15) is 68.0 Å². The number of hydrogen-bond acceptors (Lipinski definition) is 8. The van der Waals surface area contributed by atoms with Gasteiger partial charge in [0.05, 0.1) is 17.2 Å². The number of Topliss-reactive ketones (excluding diaryl/α,β-unsaturated/α-hetero) is 1. The SMILES string of the molecule is CN1CCN(c2ccc(C(=O)C3CCN(C(=O)c4ccc(C(=O)NC5CCN(Cc6ccc(C#N)cc6)CC5)nc4)CC3)cc2)CC1. The summed E-state index contributed by atoms with van der Waals surface area (Å²) in [6.45, 7) is 7.66. The van der Waals surface area contributed by atoms with Crippen LogP contribution in [0.2, 0.25) is 0 Å². The Labute approximate surface area is 277 Å². The van der Waals surface area contributed by atoms with Gasteiger partial charge < -0.3 is 20.0 Å². The van der Waals surface area contributed by atoms with E-state index in [2.05, 4.69) is 50.3 Å². The van der Waals surface area contributed by atoms with Crippen LogP contribution in [-0.2, 0) is 6.54 Å². The number of aromatic nitrogens is 1. The number of ketones is 1. The number of benzene rings is 2. The average Bonchev–Trinajstić information content (AvgIpc) is 3.12. The third-order valence-corrected chi connectivity index (χ3v) is 9.83. The molecule has 0 aliphatic carbocycles. The van der Waals surface area contributed by atoms with Crippen molar-refractivity contribution in [2.24, 2.45) is 5.92 Å². The normalized spacial score (nSPS) is 18.5. The molecule has 244 valence electrons. The molecule has 3 aliphatic rings. The molecule has 0 atom stereocenters. The number of carbonyl (C=O) groups is 3. The lowest BCUT2D eigenvalue weighted by Crippen LogP contribution is -2.44. The molecule has 3 aliphatic heterocycles. The topological polar surface area (TPSA) is 113 Å². The van der Waals surface area contributed by atoms with Gasteiger partial charge in [-0.1, -0.05) is 12.1 Å². The first-order valence-electron chi connectivity index (χ1n) is 16.7. The Bertz CT molecular complexity index is 1580. The van der Waals surface area contributed by atoms with Crippen molar-refractivity contribution in [2.45, 2.75) is 38.3 Å². The Morgan fingerprint density at radius 2 is 1.47 bits per heavy atom. The lowest BCUT2D eigenvalue weighted by Gasteiger charge is -2.34. The minimum absolute atomic E-state index is 0.0710. The van der Waals surface area contributed by atoms with Crippen molar-refractivity contribution in [1.82, 2.24) is 25.0 Å². The summed E-state index contributed by atoms with van der Waals surface area (Å²) < 4.78 is 0. The number of carbonyl (C=O) groups excluding carboxylic acids is 3. The van der Waals surface area contributed by atoms with Gasteiger partial charge in [-0.3, -0.25) is 24.3 Å². The predicted octanol–water partition coefficient (Wildman–Crippen LogP) is 3.83. The summed E-state index contributed by atoms with van der Waals surface area (Å²) in [5, 5.41) is 12.1. The van der Waals surface area contributed by atoms with Gasteiger partial charge >= 0.3 is 0 Å². The summed E-state index contributed by atoms with van der Waals surface area (Å²) in [5.74, 6) is -0.302. The number of nitriles is 1. The zero-order valence-electron chi connectivity index (χ0n) is 27.1. The van der Waals surface area contributed by atoms with Crippen molar-refractivity contribution < 1.29 is 14.4 Å². The quantitative estimate of drug-likeness (QED) is 0.373. The Kier molecular flexibility index (Phi) is 10.2. The van der Waals surface area contributed by atoms with Crippen LogP contribution in [-0.4, -0.2) is 103 Å². The molecule has 3 fully saturated rings. The van der Waals surface area contributed by atoms with E-state index >= 15 is 0 Å². The molecule has 2 aromatic carbocycles. The van der Waals surface area contributed by atoms with Crippen LogP contribution in [0.15, 0.2) is 66.9 Å². The van der Waals surface area contributed by atoms with Gasteiger partial charge in [0, 0.05) is 88.3 Å². The maximum atomic E-state index is 13.2. The molecule has 1 N–H and O–H groups in total. The first-order valence-corrected chi connectivity index (χ1v) is 16.7. The van der Waals surface area contributed by atoms with Crippen LogP contribution in [0.3, 0.4) is 0 Å². The molecule has 0 bridgehead atoms. The number of piperazine rings is 1. The maximum absolute atomic E-state index is 13.2. The summed E-state index contributed by atoms with van der Waals surface area (Å²) in [5.41, 5.74) is 4.47. The molecule has 47 heavy (non-hydrogen) atoms. The number of pyridine rings is 1. The van der Waals surface area contributed by atoms with Crippen LogP contribution in [0.4, 0.5) is 5.69 Å². The van der Waals surface area contributed by atoms with Gasteiger partial charge in [0.15, 0.2) is 5.78 Å². The number of likely N-dealkylation sites (N-methyl/N-ethyl adjacent to an activating group) is 1. The summed E-state index contributed by atoms with van der Waals surface area (Å²) in [7, 11) is 2.14. The Hall–Kier alpha value is -4.59.